The minimum Gasteiger partial charge on any atom is -0.496 e. The fourth-order valence-corrected chi connectivity index (χ4v) is 1.88. The van der Waals surface area contributed by atoms with Crippen molar-refractivity contribution in [3.63, 3.8) is 0 Å². The van der Waals surface area contributed by atoms with Gasteiger partial charge >= 0.3 is 0 Å². The van der Waals surface area contributed by atoms with E-state index in [-0.39, 0.29) is 5.56 Å². The second-order valence-electron chi connectivity index (χ2n) is 4.02. The number of ether oxygens (including phenoxy) is 1. The van der Waals surface area contributed by atoms with Crippen molar-refractivity contribution in [2.75, 3.05) is 7.11 Å². The molecular formula is C13H13BrN2O2. The van der Waals surface area contributed by atoms with E-state index in [0.717, 1.165) is 11.1 Å². The monoisotopic (exact) mass is 308 g/mol. The van der Waals surface area contributed by atoms with Gasteiger partial charge in [0.1, 0.15) is 16.0 Å². The van der Waals surface area contributed by atoms with Crippen LogP contribution in [0.15, 0.2) is 27.5 Å². The van der Waals surface area contributed by atoms with E-state index < -0.39 is 0 Å². The molecule has 0 saturated heterocycles. The van der Waals surface area contributed by atoms with E-state index in [4.69, 9.17) is 4.74 Å². The van der Waals surface area contributed by atoms with Gasteiger partial charge < -0.3 is 9.72 Å². The molecule has 0 spiro atoms. The zero-order chi connectivity index (χ0) is 13.3. The lowest BCUT2D eigenvalue weighted by Crippen LogP contribution is -2.12. The Bertz CT molecular complexity index is 650. The van der Waals surface area contributed by atoms with Gasteiger partial charge in [0.2, 0.25) is 0 Å². The summed E-state index contributed by atoms with van der Waals surface area (Å²) in [7, 11) is 1.60. The highest BCUT2D eigenvalue weighted by Gasteiger charge is 2.11. The zero-order valence-electron chi connectivity index (χ0n) is 10.4. The Kier molecular flexibility index (Phi) is 3.52. The van der Waals surface area contributed by atoms with Crippen LogP contribution < -0.4 is 10.3 Å². The van der Waals surface area contributed by atoms with Gasteiger partial charge in [-0.05, 0) is 47.5 Å². The van der Waals surface area contributed by atoms with Crippen LogP contribution >= 0.6 is 15.9 Å². The molecule has 0 amide bonds. The molecular weight excluding hydrogens is 296 g/mol. The van der Waals surface area contributed by atoms with Gasteiger partial charge in [-0.1, -0.05) is 6.07 Å². The third-order valence-corrected chi connectivity index (χ3v) is 3.57. The fraction of sp³-hybridized carbons (Fsp3) is 0.231. The molecule has 0 saturated carbocycles. The number of hydrogen-bond donors (Lipinski definition) is 1. The molecule has 2 rings (SSSR count). The summed E-state index contributed by atoms with van der Waals surface area (Å²) in [4.78, 5) is 18.8. The number of rotatable bonds is 2. The highest BCUT2D eigenvalue weighted by molar-refractivity contribution is 9.10. The Morgan fingerprint density at radius 2 is 2.06 bits per heavy atom. The lowest BCUT2D eigenvalue weighted by Gasteiger charge is -2.09. The van der Waals surface area contributed by atoms with Gasteiger partial charge in [-0.2, -0.15) is 0 Å². The van der Waals surface area contributed by atoms with Crippen LogP contribution in [0.2, 0.25) is 0 Å². The van der Waals surface area contributed by atoms with Crippen LogP contribution in [0.5, 0.6) is 5.75 Å². The fourth-order valence-electron chi connectivity index (χ4n) is 1.69. The summed E-state index contributed by atoms with van der Waals surface area (Å²) in [5.74, 6) is 1.21. The van der Waals surface area contributed by atoms with Gasteiger partial charge in [0.15, 0.2) is 0 Å². The minimum absolute atomic E-state index is 0.194. The molecule has 1 aromatic heterocycles. The SMILES string of the molecule is COc1cc(C)ccc1-c1nc(C)c(Br)c(=O)[nH]1. The Labute approximate surface area is 113 Å². The maximum Gasteiger partial charge on any atom is 0.265 e. The molecule has 0 bridgehead atoms. The lowest BCUT2D eigenvalue weighted by molar-refractivity contribution is 0.416. The van der Waals surface area contributed by atoms with E-state index in [0.29, 0.717) is 21.7 Å². The Balaban J connectivity index is 2.66. The first-order valence-electron chi connectivity index (χ1n) is 5.44. The molecule has 18 heavy (non-hydrogen) atoms. The van der Waals surface area contributed by atoms with Crippen LogP contribution in [-0.2, 0) is 0 Å². The van der Waals surface area contributed by atoms with Crippen molar-refractivity contribution in [3.05, 3.63) is 44.3 Å². The molecule has 94 valence electrons. The number of H-pyrrole nitrogens is 1. The second kappa shape index (κ2) is 4.94. The summed E-state index contributed by atoms with van der Waals surface area (Å²) in [5.41, 5.74) is 2.32. The number of halogens is 1. The predicted octanol–water partition coefficient (Wildman–Crippen LogP) is 2.82. The molecule has 0 aliphatic heterocycles. The summed E-state index contributed by atoms with van der Waals surface area (Å²) >= 11 is 3.20. The summed E-state index contributed by atoms with van der Waals surface area (Å²) in [5, 5.41) is 0. The van der Waals surface area contributed by atoms with Crippen LogP contribution in [0, 0.1) is 13.8 Å². The lowest BCUT2D eigenvalue weighted by atomic mass is 10.1. The molecule has 0 aliphatic rings. The Morgan fingerprint density at radius 3 is 2.67 bits per heavy atom. The van der Waals surface area contributed by atoms with E-state index in [9.17, 15) is 4.79 Å². The van der Waals surface area contributed by atoms with Crippen molar-refractivity contribution in [1.82, 2.24) is 9.97 Å². The largest absolute Gasteiger partial charge is 0.496 e. The standard InChI is InChI=1S/C13H13BrN2O2/c1-7-4-5-9(10(6-7)18-3)12-15-8(2)11(14)13(17)16-12/h4-6H,1-3H3,(H,15,16,17). The first-order chi connectivity index (χ1) is 8.52. The molecule has 0 atom stereocenters. The highest BCUT2D eigenvalue weighted by Crippen LogP contribution is 2.28. The van der Waals surface area contributed by atoms with Gasteiger partial charge in [-0.3, -0.25) is 4.79 Å². The van der Waals surface area contributed by atoms with E-state index in [2.05, 4.69) is 25.9 Å². The summed E-state index contributed by atoms with van der Waals surface area (Å²) in [6, 6.07) is 5.75. The third-order valence-electron chi connectivity index (χ3n) is 2.64. The molecule has 0 unspecified atom stereocenters. The molecule has 0 fully saturated rings. The number of aryl methyl sites for hydroxylation is 2. The zero-order valence-corrected chi connectivity index (χ0v) is 12.0. The van der Waals surface area contributed by atoms with Crippen LogP contribution in [0.1, 0.15) is 11.3 Å². The maximum absolute atomic E-state index is 11.7. The normalized spacial score (nSPS) is 10.4. The Morgan fingerprint density at radius 1 is 1.33 bits per heavy atom. The van der Waals surface area contributed by atoms with E-state index in [1.54, 1.807) is 14.0 Å². The number of nitrogens with one attached hydrogen (secondary N) is 1. The molecule has 0 aliphatic carbocycles. The van der Waals surface area contributed by atoms with Crippen molar-refractivity contribution in [2.24, 2.45) is 0 Å². The number of methoxy groups -OCH3 is 1. The van der Waals surface area contributed by atoms with Gasteiger partial charge in [0, 0.05) is 0 Å². The second-order valence-corrected chi connectivity index (χ2v) is 4.81. The van der Waals surface area contributed by atoms with Crippen LogP contribution in [0.25, 0.3) is 11.4 Å². The average molecular weight is 309 g/mol. The van der Waals surface area contributed by atoms with Crippen LogP contribution in [0.3, 0.4) is 0 Å². The molecule has 1 N–H and O–H groups in total. The topological polar surface area (TPSA) is 55.0 Å². The first-order valence-corrected chi connectivity index (χ1v) is 6.23. The van der Waals surface area contributed by atoms with Crippen molar-refractivity contribution in [3.8, 4) is 17.1 Å². The number of benzene rings is 1. The van der Waals surface area contributed by atoms with Crippen molar-refractivity contribution in [2.45, 2.75) is 13.8 Å². The van der Waals surface area contributed by atoms with Crippen molar-refractivity contribution in [1.29, 1.82) is 0 Å². The van der Waals surface area contributed by atoms with Crippen LogP contribution in [-0.4, -0.2) is 17.1 Å². The quantitative estimate of drug-likeness (QED) is 0.928. The number of nitrogens with zero attached hydrogens (tertiary/aromatic N) is 1. The van der Waals surface area contributed by atoms with E-state index in [1.165, 1.54) is 0 Å². The molecule has 2 aromatic rings. The van der Waals surface area contributed by atoms with Crippen molar-refractivity contribution >= 4 is 15.9 Å². The summed E-state index contributed by atoms with van der Waals surface area (Å²) < 4.78 is 5.77. The first kappa shape index (κ1) is 12.8. The van der Waals surface area contributed by atoms with Gasteiger partial charge in [-0.15, -0.1) is 0 Å². The summed E-state index contributed by atoms with van der Waals surface area (Å²) in [6.45, 7) is 3.76. The minimum atomic E-state index is -0.194. The van der Waals surface area contributed by atoms with Gasteiger partial charge in [-0.25, -0.2) is 4.98 Å². The molecule has 4 nitrogen and oxygen atoms in total. The molecule has 5 heteroatoms. The summed E-state index contributed by atoms with van der Waals surface area (Å²) in [6.07, 6.45) is 0. The van der Waals surface area contributed by atoms with E-state index in [1.807, 2.05) is 25.1 Å². The molecule has 1 heterocycles. The van der Waals surface area contributed by atoms with Gasteiger partial charge in [0.05, 0.1) is 18.4 Å². The molecule has 1 aromatic carbocycles. The van der Waals surface area contributed by atoms with Crippen molar-refractivity contribution < 1.29 is 4.74 Å². The third kappa shape index (κ3) is 2.31. The highest BCUT2D eigenvalue weighted by atomic mass is 79.9. The average Bonchev–Trinajstić information content (AvgIpc) is 2.35. The molecule has 0 radical (unpaired) electrons. The Hall–Kier alpha value is -1.62. The van der Waals surface area contributed by atoms with E-state index >= 15 is 0 Å². The maximum atomic E-state index is 11.7. The number of aromatic nitrogens is 2. The number of aromatic amines is 1. The number of hydrogen-bond acceptors (Lipinski definition) is 3. The predicted molar refractivity (Wildman–Crippen MR) is 74.0 cm³/mol. The van der Waals surface area contributed by atoms with Crippen LogP contribution in [0.4, 0.5) is 0 Å². The van der Waals surface area contributed by atoms with Gasteiger partial charge in [0.25, 0.3) is 5.56 Å². The smallest absolute Gasteiger partial charge is 0.265 e.